The Balaban J connectivity index is 2.01. The molecule has 0 atom stereocenters. The Bertz CT molecular complexity index is 398. The predicted octanol–water partition coefficient (Wildman–Crippen LogP) is 1.12. The van der Waals surface area contributed by atoms with Gasteiger partial charge in [-0.15, -0.1) is 0 Å². The lowest BCUT2D eigenvalue weighted by atomic mass is 9.87. The molecule has 100 valence electrons. The Morgan fingerprint density at radius 1 is 1.28 bits per heavy atom. The van der Waals surface area contributed by atoms with Crippen molar-refractivity contribution in [1.29, 1.82) is 0 Å². The third-order valence-corrected chi connectivity index (χ3v) is 3.20. The van der Waals surface area contributed by atoms with Crippen molar-refractivity contribution in [2.75, 3.05) is 45.9 Å². The minimum atomic E-state index is -0.146. The van der Waals surface area contributed by atoms with Gasteiger partial charge in [0.1, 0.15) is 0 Å². The van der Waals surface area contributed by atoms with Gasteiger partial charge in [0.05, 0.1) is 39.5 Å². The molecule has 0 saturated carbocycles. The van der Waals surface area contributed by atoms with Crippen molar-refractivity contribution in [1.82, 2.24) is 0 Å². The van der Waals surface area contributed by atoms with Gasteiger partial charge >= 0.3 is 0 Å². The highest BCUT2D eigenvalue weighted by Gasteiger charge is 2.37. The first-order valence-electron chi connectivity index (χ1n) is 5.87. The Kier molecular flexibility index (Phi) is 3.93. The fourth-order valence-corrected chi connectivity index (χ4v) is 1.88. The largest absolute Gasteiger partial charge is 0.493 e. The molecule has 5 nitrogen and oxygen atoms in total. The first-order valence-corrected chi connectivity index (χ1v) is 5.87. The van der Waals surface area contributed by atoms with Crippen LogP contribution in [0, 0.1) is 5.41 Å². The second-order valence-electron chi connectivity index (χ2n) is 4.57. The van der Waals surface area contributed by atoms with Gasteiger partial charge in [-0.3, -0.25) is 0 Å². The summed E-state index contributed by atoms with van der Waals surface area (Å²) in [7, 11) is 3.22. The van der Waals surface area contributed by atoms with E-state index < -0.39 is 0 Å². The summed E-state index contributed by atoms with van der Waals surface area (Å²) in [6.07, 6.45) is 0. The van der Waals surface area contributed by atoms with Crippen LogP contribution in [0.4, 0.5) is 5.69 Å². The van der Waals surface area contributed by atoms with Crippen LogP contribution in [0.1, 0.15) is 0 Å². The molecule has 1 aliphatic heterocycles. The van der Waals surface area contributed by atoms with Crippen LogP contribution >= 0.6 is 0 Å². The highest BCUT2D eigenvalue weighted by Crippen LogP contribution is 2.31. The summed E-state index contributed by atoms with van der Waals surface area (Å²) in [5, 5.41) is 12.6. The molecule has 2 rings (SSSR count). The first kappa shape index (κ1) is 13.0. The molecule has 1 aromatic carbocycles. The lowest BCUT2D eigenvalue weighted by Crippen LogP contribution is -2.50. The maximum Gasteiger partial charge on any atom is 0.162 e. The normalized spacial score (nSPS) is 16.8. The van der Waals surface area contributed by atoms with Crippen LogP contribution in [0.2, 0.25) is 0 Å². The highest BCUT2D eigenvalue weighted by atomic mass is 16.5. The number of hydrogen-bond donors (Lipinski definition) is 2. The molecule has 2 N–H and O–H groups in total. The van der Waals surface area contributed by atoms with Gasteiger partial charge in [0.25, 0.3) is 0 Å². The number of methoxy groups -OCH3 is 2. The Morgan fingerprint density at radius 2 is 2.00 bits per heavy atom. The summed E-state index contributed by atoms with van der Waals surface area (Å²) in [6.45, 7) is 2.01. The monoisotopic (exact) mass is 253 g/mol. The van der Waals surface area contributed by atoms with Crippen molar-refractivity contribution in [3.8, 4) is 11.5 Å². The second kappa shape index (κ2) is 5.46. The summed E-state index contributed by atoms with van der Waals surface area (Å²) in [5.41, 5.74) is 0.792. The van der Waals surface area contributed by atoms with Crippen LogP contribution in [0.5, 0.6) is 11.5 Å². The Morgan fingerprint density at radius 3 is 2.50 bits per heavy atom. The summed E-state index contributed by atoms with van der Waals surface area (Å²) >= 11 is 0. The molecule has 18 heavy (non-hydrogen) atoms. The van der Waals surface area contributed by atoms with Crippen molar-refractivity contribution in [3.05, 3.63) is 18.2 Å². The zero-order valence-electron chi connectivity index (χ0n) is 10.7. The molecule has 1 aliphatic rings. The average molecular weight is 253 g/mol. The SMILES string of the molecule is COc1ccc(NCC2(CO)COC2)cc1OC. The van der Waals surface area contributed by atoms with Crippen molar-refractivity contribution in [3.63, 3.8) is 0 Å². The molecule has 1 saturated heterocycles. The van der Waals surface area contributed by atoms with Crippen molar-refractivity contribution >= 4 is 5.69 Å². The topological polar surface area (TPSA) is 60.0 Å². The van der Waals surface area contributed by atoms with E-state index in [4.69, 9.17) is 14.2 Å². The van der Waals surface area contributed by atoms with E-state index >= 15 is 0 Å². The Hall–Kier alpha value is -1.46. The van der Waals surface area contributed by atoms with E-state index in [0.717, 1.165) is 5.69 Å². The number of rotatable bonds is 6. The molecule has 0 radical (unpaired) electrons. The van der Waals surface area contributed by atoms with Gasteiger partial charge in [-0.1, -0.05) is 0 Å². The zero-order valence-corrected chi connectivity index (χ0v) is 10.7. The number of benzene rings is 1. The van der Waals surface area contributed by atoms with Gasteiger partial charge in [-0.05, 0) is 12.1 Å². The maximum absolute atomic E-state index is 9.33. The molecule has 0 spiro atoms. The van der Waals surface area contributed by atoms with Gasteiger partial charge in [0, 0.05) is 18.3 Å². The van der Waals surface area contributed by atoms with Crippen molar-refractivity contribution in [2.45, 2.75) is 0 Å². The van der Waals surface area contributed by atoms with Crippen LogP contribution in [-0.2, 0) is 4.74 Å². The lowest BCUT2D eigenvalue weighted by molar-refractivity contribution is -0.128. The molecule has 1 heterocycles. The van der Waals surface area contributed by atoms with Crippen LogP contribution in [0.25, 0.3) is 0 Å². The van der Waals surface area contributed by atoms with Gasteiger partial charge in [0.2, 0.25) is 0 Å². The second-order valence-corrected chi connectivity index (χ2v) is 4.57. The number of aliphatic hydroxyl groups excluding tert-OH is 1. The summed E-state index contributed by atoms with van der Waals surface area (Å²) in [5.74, 6) is 1.39. The lowest BCUT2D eigenvalue weighted by Gasteiger charge is -2.40. The number of aliphatic hydroxyl groups is 1. The summed E-state index contributed by atoms with van der Waals surface area (Å²) < 4.78 is 15.6. The van der Waals surface area contributed by atoms with Crippen LogP contribution in [0.15, 0.2) is 18.2 Å². The fourth-order valence-electron chi connectivity index (χ4n) is 1.88. The molecule has 0 unspecified atom stereocenters. The van der Waals surface area contributed by atoms with Gasteiger partial charge in [0.15, 0.2) is 11.5 Å². The van der Waals surface area contributed by atoms with Gasteiger partial charge in [-0.2, -0.15) is 0 Å². The number of anilines is 1. The highest BCUT2D eigenvalue weighted by molar-refractivity contribution is 5.54. The fraction of sp³-hybridized carbons (Fsp3) is 0.538. The van der Waals surface area contributed by atoms with E-state index in [1.807, 2.05) is 18.2 Å². The molecule has 0 amide bonds. The summed E-state index contributed by atoms with van der Waals surface area (Å²) in [4.78, 5) is 0. The van der Waals surface area contributed by atoms with E-state index in [1.165, 1.54) is 0 Å². The van der Waals surface area contributed by atoms with Gasteiger partial charge in [-0.25, -0.2) is 0 Å². The third kappa shape index (κ3) is 2.52. The molecule has 5 heteroatoms. The van der Waals surface area contributed by atoms with E-state index in [9.17, 15) is 5.11 Å². The molecule has 0 aromatic heterocycles. The first-order chi connectivity index (χ1) is 8.73. The van der Waals surface area contributed by atoms with Crippen LogP contribution in [0.3, 0.4) is 0 Å². The zero-order chi connectivity index (χ0) is 13.0. The number of hydrogen-bond acceptors (Lipinski definition) is 5. The number of nitrogens with one attached hydrogen (secondary N) is 1. The third-order valence-electron chi connectivity index (χ3n) is 3.20. The van der Waals surface area contributed by atoms with Gasteiger partial charge < -0.3 is 24.6 Å². The van der Waals surface area contributed by atoms with E-state index in [1.54, 1.807) is 14.2 Å². The van der Waals surface area contributed by atoms with Crippen molar-refractivity contribution < 1.29 is 19.3 Å². The van der Waals surface area contributed by atoms with Crippen molar-refractivity contribution in [2.24, 2.45) is 5.41 Å². The van der Waals surface area contributed by atoms with E-state index in [-0.39, 0.29) is 12.0 Å². The molecule has 0 aliphatic carbocycles. The molecular weight excluding hydrogens is 234 g/mol. The molecular formula is C13H19NO4. The summed E-state index contributed by atoms with van der Waals surface area (Å²) in [6, 6.07) is 5.65. The van der Waals surface area contributed by atoms with Crippen LogP contribution in [-0.4, -0.2) is 45.7 Å². The minimum Gasteiger partial charge on any atom is -0.493 e. The minimum absolute atomic E-state index is 0.132. The standard InChI is InChI=1S/C13H19NO4/c1-16-11-4-3-10(5-12(11)17-2)14-6-13(7-15)8-18-9-13/h3-5,14-15H,6-9H2,1-2H3. The van der Waals surface area contributed by atoms with E-state index in [0.29, 0.717) is 31.3 Å². The van der Waals surface area contributed by atoms with E-state index in [2.05, 4.69) is 5.32 Å². The number of ether oxygens (including phenoxy) is 3. The molecule has 1 aromatic rings. The molecule has 0 bridgehead atoms. The van der Waals surface area contributed by atoms with Crippen LogP contribution < -0.4 is 14.8 Å². The molecule has 1 fully saturated rings. The predicted molar refractivity (Wildman–Crippen MR) is 68.4 cm³/mol. The smallest absolute Gasteiger partial charge is 0.162 e. The average Bonchev–Trinajstić information content (AvgIpc) is 2.37. The quantitative estimate of drug-likeness (QED) is 0.795. The Labute approximate surface area is 107 Å². The maximum atomic E-state index is 9.33.